The third-order valence-electron chi connectivity index (χ3n) is 5.83. The molecule has 0 saturated carbocycles. The molecule has 0 atom stereocenters. The standard InChI is InChI=1S/C28H21Cl2NO4S/c1-2-4-23-20(27(31-35-23)26-21(29)5-3-6-22(26)30)15-34-19-11-12-24-18(13-19)14-25(36-24)16-7-9-17(10-8-16)28(32)33/h3,5-14H,2,4,15H2,1H3,(H,32,33). The average molecular weight is 538 g/mol. The summed E-state index contributed by atoms with van der Waals surface area (Å²) in [5.74, 6) is 0.537. The van der Waals surface area contributed by atoms with Gasteiger partial charge in [0.2, 0.25) is 0 Å². The van der Waals surface area contributed by atoms with Crippen molar-refractivity contribution in [3.8, 4) is 27.4 Å². The van der Waals surface area contributed by atoms with Gasteiger partial charge >= 0.3 is 5.97 Å². The van der Waals surface area contributed by atoms with Gasteiger partial charge in [-0.3, -0.25) is 0 Å². The molecule has 5 nitrogen and oxygen atoms in total. The predicted octanol–water partition coefficient (Wildman–Crippen LogP) is 8.76. The number of hydrogen-bond donors (Lipinski definition) is 1. The summed E-state index contributed by atoms with van der Waals surface area (Å²) in [6.07, 6.45) is 1.62. The Labute approximate surface area is 221 Å². The molecule has 0 aliphatic heterocycles. The number of thiophene rings is 1. The van der Waals surface area contributed by atoms with Gasteiger partial charge in [0.05, 0.1) is 21.2 Å². The SMILES string of the molecule is CCCc1onc(-c2c(Cl)cccc2Cl)c1COc1ccc2sc(-c3ccc(C(=O)O)cc3)cc2c1. The summed E-state index contributed by atoms with van der Waals surface area (Å²) in [5, 5.41) is 15.5. The molecule has 0 aliphatic rings. The number of aromatic carboxylic acids is 1. The van der Waals surface area contributed by atoms with Gasteiger partial charge in [-0.1, -0.05) is 53.5 Å². The third-order valence-corrected chi connectivity index (χ3v) is 7.63. The maximum atomic E-state index is 11.1. The van der Waals surface area contributed by atoms with Gasteiger partial charge < -0.3 is 14.4 Å². The van der Waals surface area contributed by atoms with E-state index < -0.39 is 5.97 Å². The van der Waals surface area contributed by atoms with Crippen molar-refractivity contribution in [3.05, 3.63) is 93.7 Å². The first-order valence-electron chi connectivity index (χ1n) is 11.4. The number of aryl methyl sites for hydroxylation is 1. The lowest BCUT2D eigenvalue weighted by molar-refractivity contribution is 0.0697. The van der Waals surface area contributed by atoms with Crippen LogP contribution < -0.4 is 4.74 Å². The molecule has 0 radical (unpaired) electrons. The monoisotopic (exact) mass is 537 g/mol. The molecule has 2 aromatic heterocycles. The molecule has 0 unspecified atom stereocenters. The van der Waals surface area contributed by atoms with E-state index in [4.69, 9.17) is 37.6 Å². The van der Waals surface area contributed by atoms with E-state index in [1.807, 2.05) is 30.3 Å². The molecule has 0 bridgehead atoms. The van der Waals surface area contributed by atoms with Crippen molar-refractivity contribution < 1.29 is 19.2 Å². The maximum absolute atomic E-state index is 11.1. The van der Waals surface area contributed by atoms with Crippen LogP contribution in [0.2, 0.25) is 10.0 Å². The zero-order valence-corrected chi connectivity index (χ0v) is 21.6. The van der Waals surface area contributed by atoms with Gasteiger partial charge in [-0.25, -0.2) is 4.79 Å². The number of halogens is 2. The van der Waals surface area contributed by atoms with Crippen molar-refractivity contribution >= 4 is 50.6 Å². The minimum atomic E-state index is -0.936. The number of carbonyl (C=O) groups is 1. The molecule has 5 rings (SSSR count). The number of carboxylic acid groups (broad SMARTS) is 1. The number of benzene rings is 3. The molecule has 0 aliphatic carbocycles. The second-order valence-electron chi connectivity index (χ2n) is 8.26. The van der Waals surface area contributed by atoms with Gasteiger partial charge in [-0.2, -0.15) is 0 Å². The average Bonchev–Trinajstić information content (AvgIpc) is 3.47. The van der Waals surface area contributed by atoms with Crippen LogP contribution >= 0.6 is 34.5 Å². The molecule has 3 aromatic carbocycles. The Balaban J connectivity index is 1.42. The molecule has 5 aromatic rings. The Morgan fingerprint density at radius 2 is 1.81 bits per heavy atom. The lowest BCUT2D eigenvalue weighted by Gasteiger charge is -2.09. The minimum Gasteiger partial charge on any atom is -0.489 e. The molecule has 2 heterocycles. The molecule has 1 N–H and O–H groups in total. The summed E-state index contributed by atoms with van der Waals surface area (Å²) in [7, 11) is 0. The second kappa shape index (κ2) is 10.3. The molecule has 0 saturated heterocycles. The fourth-order valence-electron chi connectivity index (χ4n) is 4.02. The van der Waals surface area contributed by atoms with Crippen LogP contribution in [0.15, 0.2) is 71.3 Å². The van der Waals surface area contributed by atoms with Gasteiger partial charge in [0.1, 0.15) is 23.8 Å². The largest absolute Gasteiger partial charge is 0.489 e. The Hall–Kier alpha value is -3.32. The molecule has 36 heavy (non-hydrogen) atoms. The van der Waals surface area contributed by atoms with Crippen molar-refractivity contribution in [2.75, 3.05) is 0 Å². The van der Waals surface area contributed by atoms with E-state index in [0.717, 1.165) is 44.7 Å². The lowest BCUT2D eigenvalue weighted by atomic mass is 10.0. The summed E-state index contributed by atoms with van der Waals surface area (Å²) in [5.41, 5.74) is 3.30. The Morgan fingerprint density at radius 3 is 2.50 bits per heavy atom. The first-order valence-corrected chi connectivity index (χ1v) is 12.9. The van der Waals surface area contributed by atoms with E-state index in [9.17, 15) is 4.79 Å². The maximum Gasteiger partial charge on any atom is 0.335 e. The zero-order valence-electron chi connectivity index (χ0n) is 19.3. The summed E-state index contributed by atoms with van der Waals surface area (Å²) in [6, 6.07) is 20.3. The van der Waals surface area contributed by atoms with Gasteiger partial charge in [0.15, 0.2) is 0 Å². The highest BCUT2D eigenvalue weighted by Gasteiger charge is 2.22. The highest BCUT2D eigenvalue weighted by molar-refractivity contribution is 7.22. The van der Waals surface area contributed by atoms with E-state index in [2.05, 4.69) is 18.1 Å². The van der Waals surface area contributed by atoms with Crippen molar-refractivity contribution in [3.63, 3.8) is 0 Å². The van der Waals surface area contributed by atoms with Crippen molar-refractivity contribution in [2.45, 2.75) is 26.4 Å². The molecule has 0 spiro atoms. The van der Waals surface area contributed by atoms with Crippen LogP contribution in [0.25, 0.3) is 31.8 Å². The van der Waals surface area contributed by atoms with Gasteiger partial charge in [-0.05, 0) is 65.9 Å². The zero-order chi connectivity index (χ0) is 25.2. The Kier molecular flexibility index (Phi) is 7.01. The molecule has 182 valence electrons. The van der Waals surface area contributed by atoms with Crippen molar-refractivity contribution in [1.29, 1.82) is 0 Å². The molecular formula is C28H21Cl2NO4S. The fourth-order valence-corrected chi connectivity index (χ4v) is 5.65. The first kappa shape index (κ1) is 24.4. The van der Waals surface area contributed by atoms with Crippen LogP contribution in [0.4, 0.5) is 0 Å². The first-order chi connectivity index (χ1) is 17.4. The quantitative estimate of drug-likeness (QED) is 0.214. The lowest BCUT2D eigenvalue weighted by Crippen LogP contribution is -2.00. The summed E-state index contributed by atoms with van der Waals surface area (Å²) in [6.45, 7) is 2.33. The number of carboxylic acids is 1. The second-order valence-corrected chi connectivity index (χ2v) is 10.2. The topological polar surface area (TPSA) is 72.6 Å². The van der Waals surface area contributed by atoms with Crippen molar-refractivity contribution in [2.24, 2.45) is 0 Å². The van der Waals surface area contributed by atoms with Crippen LogP contribution in [0.5, 0.6) is 5.75 Å². The highest BCUT2D eigenvalue weighted by atomic mass is 35.5. The van der Waals surface area contributed by atoms with Gasteiger partial charge in [0, 0.05) is 21.6 Å². The minimum absolute atomic E-state index is 0.259. The third kappa shape index (κ3) is 4.85. The van der Waals surface area contributed by atoms with E-state index in [-0.39, 0.29) is 12.2 Å². The number of fused-ring (bicyclic) bond motifs is 1. The number of hydrogen-bond acceptors (Lipinski definition) is 5. The van der Waals surface area contributed by atoms with Gasteiger partial charge in [0.25, 0.3) is 0 Å². The number of aromatic nitrogens is 1. The van der Waals surface area contributed by atoms with Crippen LogP contribution in [-0.4, -0.2) is 16.2 Å². The number of nitrogens with zero attached hydrogens (tertiary/aromatic N) is 1. The molecule has 0 fully saturated rings. The predicted molar refractivity (Wildman–Crippen MR) is 145 cm³/mol. The fraction of sp³-hybridized carbons (Fsp3) is 0.143. The smallest absolute Gasteiger partial charge is 0.335 e. The normalized spacial score (nSPS) is 11.2. The molecule has 0 amide bonds. The summed E-state index contributed by atoms with van der Waals surface area (Å²) in [4.78, 5) is 12.2. The summed E-state index contributed by atoms with van der Waals surface area (Å²) >= 11 is 14.5. The number of rotatable bonds is 8. The van der Waals surface area contributed by atoms with Crippen molar-refractivity contribution in [1.82, 2.24) is 5.16 Å². The highest BCUT2D eigenvalue weighted by Crippen LogP contribution is 2.39. The van der Waals surface area contributed by atoms with Crippen LogP contribution in [-0.2, 0) is 13.0 Å². The molecule has 8 heteroatoms. The van der Waals surface area contributed by atoms with E-state index in [1.54, 1.807) is 41.7 Å². The van der Waals surface area contributed by atoms with Crippen LogP contribution in [0.3, 0.4) is 0 Å². The number of ether oxygens (including phenoxy) is 1. The van der Waals surface area contributed by atoms with E-state index >= 15 is 0 Å². The van der Waals surface area contributed by atoms with Gasteiger partial charge in [-0.15, -0.1) is 11.3 Å². The molecular weight excluding hydrogens is 517 g/mol. The Bertz CT molecular complexity index is 1540. The van der Waals surface area contributed by atoms with E-state index in [0.29, 0.717) is 27.1 Å². The van der Waals surface area contributed by atoms with E-state index in [1.165, 1.54) is 0 Å². The van der Waals surface area contributed by atoms with Crippen LogP contribution in [0, 0.1) is 0 Å². The van der Waals surface area contributed by atoms with Crippen LogP contribution in [0.1, 0.15) is 35.0 Å². The Morgan fingerprint density at radius 1 is 1.06 bits per heavy atom. The summed E-state index contributed by atoms with van der Waals surface area (Å²) < 4.78 is 13.0.